The Morgan fingerprint density at radius 3 is 2.76 bits per heavy atom. The molecule has 25 heavy (non-hydrogen) atoms. The normalized spacial score (nSPS) is 16.5. The van der Waals surface area contributed by atoms with Crippen molar-refractivity contribution in [3.05, 3.63) is 29.2 Å². The van der Waals surface area contributed by atoms with Crippen molar-refractivity contribution in [3.63, 3.8) is 0 Å². The molecule has 0 unspecified atom stereocenters. The number of pyridine rings is 1. The summed E-state index contributed by atoms with van der Waals surface area (Å²) in [5.74, 6) is 0.646. The van der Waals surface area contributed by atoms with Gasteiger partial charge in [-0.2, -0.15) is 10.2 Å². The van der Waals surface area contributed by atoms with E-state index in [1.807, 2.05) is 31.0 Å². The molecule has 0 atom stereocenters. The van der Waals surface area contributed by atoms with Gasteiger partial charge < -0.3 is 4.74 Å². The zero-order valence-electron chi connectivity index (χ0n) is 14.7. The molecule has 4 rings (SSSR count). The maximum absolute atomic E-state index is 5.92. The molecule has 0 radical (unpaired) electrons. The van der Waals surface area contributed by atoms with Gasteiger partial charge in [-0.1, -0.05) is 6.42 Å². The minimum Gasteiger partial charge on any atom is -0.477 e. The summed E-state index contributed by atoms with van der Waals surface area (Å²) in [5, 5.41) is 16.5. The predicted octanol–water partition coefficient (Wildman–Crippen LogP) is 3.32. The third-order valence-electron chi connectivity index (χ3n) is 4.70. The average molecular weight is 338 g/mol. The summed E-state index contributed by atoms with van der Waals surface area (Å²) in [5.41, 5.74) is 6.43. The lowest BCUT2D eigenvalue weighted by Crippen LogP contribution is -2.14. The van der Waals surface area contributed by atoms with Gasteiger partial charge in [0.15, 0.2) is 0 Å². The lowest BCUT2D eigenvalue weighted by Gasteiger charge is -2.19. The van der Waals surface area contributed by atoms with Crippen LogP contribution in [-0.4, -0.2) is 33.6 Å². The number of nitrogens with zero attached hydrogens (tertiary/aromatic N) is 6. The Balaban J connectivity index is 2.00. The van der Waals surface area contributed by atoms with Crippen molar-refractivity contribution in [1.29, 1.82) is 0 Å². The Morgan fingerprint density at radius 1 is 1.16 bits per heavy atom. The van der Waals surface area contributed by atoms with Crippen LogP contribution in [0.15, 0.2) is 27.8 Å². The summed E-state index contributed by atoms with van der Waals surface area (Å²) in [4.78, 5) is 4.89. The number of hydrogen-bond acceptors (Lipinski definition) is 6. The molecule has 2 aromatic heterocycles. The minimum atomic E-state index is 0.466. The van der Waals surface area contributed by atoms with Crippen molar-refractivity contribution in [2.24, 2.45) is 22.5 Å². The molecule has 130 valence electrons. The largest absolute Gasteiger partial charge is 0.477 e. The zero-order valence-corrected chi connectivity index (χ0v) is 14.7. The van der Waals surface area contributed by atoms with E-state index in [2.05, 4.69) is 20.5 Å². The van der Waals surface area contributed by atoms with Crippen LogP contribution in [0.3, 0.4) is 0 Å². The number of aryl methyl sites for hydroxylation is 2. The number of aromatic nitrogens is 3. The highest BCUT2D eigenvalue weighted by Crippen LogP contribution is 2.38. The Kier molecular flexibility index (Phi) is 4.29. The summed E-state index contributed by atoms with van der Waals surface area (Å²) >= 11 is 0. The molecule has 0 spiro atoms. The highest BCUT2D eigenvalue weighted by atomic mass is 16.5. The maximum atomic E-state index is 5.92. The SMILES string of the molecule is CCOc1nc2c(c(-c3cnn(C)c3)c1C1=NN=NC1)CCCCC2. The third-order valence-corrected chi connectivity index (χ3v) is 4.70. The van der Waals surface area contributed by atoms with Crippen LogP contribution in [0.1, 0.15) is 43.0 Å². The van der Waals surface area contributed by atoms with E-state index in [0.717, 1.165) is 40.9 Å². The fourth-order valence-electron chi connectivity index (χ4n) is 3.62. The van der Waals surface area contributed by atoms with Gasteiger partial charge in [0.1, 0.15) is 12.3 Å². The van der Waals surface area contributed by atoms with Gasteiger partial charge in [-0.05, 0) is 43.4 Å². The second-order valence-corrected chi connectivity index (χ2v) is 6.42. The molecule has 3 heterocycles. The van der Waals surface area contributed by atoms with Gasteiger partial charge in [0.05, 0.1) is 18.4 Å². The Labute approximate surface area is 146 Å². The first-order valence-corrected chi connectivity index (χ1v) is 8.89. The molecule has 1 aliphatic carbocycles. The Hall–Kier alpha value is -2.57. The molecular weight excluding hydrogens is 316 g/mol. The Morgan fingerprint density at radius 2 is 2.04 bits per heavy atom. The molecule has 0 fully saturated rings. The summed E-state index contributed by atoms with van der Waals surface area (Å²) in [6.07, 6.45) is 9.54. The molecule has 0 bridgehead atoms. The molecular formula is C18H22N6O. The molecule has 0 aromatic carbocycles. The summed E-state index contributed by atoms with van der Waals surface area (Å²) in [6.45, 7) is 3.01. The van der Waals surface area contributed by atoms with Gasteiger partial charge in [-0.3, -0.25) is 4.68 Å². The minimum absolute atomic E-state index is 0.466. The van der Waals surface area contributed by atoms with Crippen LogP contribution >= 0.6 is 0 Å². The molecule has 7 heteroatoms. The Bertz CT molecular complexity index is 851. The first-order chi connectivity index (χ1) is 12.3. The van der Waals surface area contributed by atoms with E-state index >= 15 is 0 Å². The number of rotatable bonds is 4. The van der Waals surface area contributed by atoms with Gasteiger partial charge in [0.2, 0.25) is 5.88 Å². The van der Waals surface area contributed by atoms with E-state index in [4.69, 9.17) is 9.72 Å². The first kappa shape index (κ1) is 15.9. The van der Waals surface area contributed by atoms with E-state index in [-0.39, 0.29) is 0 Å². The molecule has 0 saturated heterocycles. The van der Waals surface area contributed by atoms with Crippen molar-refractivity contribution in [1.82, 2.24) is 14.8 Å². The predicted molar refractivity (Wildman–Crippen MR) is 95.1 cm³/mol. The number of ether oxygens (including phenoxy) is 1. The lowest BCUT2D eigenvalue weighted by molar-refractivity contribution is 0.325. The van der Waals surface area contributed by atoms with Gasteiger partial charge in [0.25, 0.3) is 0 Å². The summed E-state index contributed by atoms with van der Waals surface area (Å²) < 4.78 is 7.75. The quantitative estimate of drug-likeness (QED) is 0.802. The topological polar surface area (TPSA) is 77.0 Å². The summed E-state index contributed by atoms with van der Waals surface area (Å²) in [6, 6.07) is 0. The summed E-state index contributed by atoms with van der Waals surface area (Å²) in [7, 11) is 1.93. The lowest BCUT2D eigenvalue weighted by atomic mass is 9.91. The van der Waals surface area contributed by atoms with Crippen LogP contribution in [0, 0.1) is 0 Å². The molecule has 0 amide bonds. The third kappa shape index (κ3) is 2.94. The van der Waals surface area contributed by atoms with Crippen LogP contribution in [0.25, 0.3) is 11.1 Å². The van der Waals surface area contributed by atoms with E-state index in [9.17, 15) is 0 Å². The van der Waals surface area contributed by atoms with Crippen LogP contribution in [0.4, 0.5) is 0 Å². The maximum Gasteiger partial charge on any atom is 0.223 e. The molecule has 0 N–H and O–H groups in total. The van der Waals surface area contributed by atoms with E-state index < -0.39 is 0 Å². The average Bonchev–Trinajstić information content (AvgIpc) is 3.22. The van der Waals surface area contributed by atoms with Crippen molar-refractivity contribution in [3.8, 4) is 17.0 Å². The van der Waals surface area contributed by atoms with Gasteiger partial charge in [-0.25, -0.2) is 4.98 Å². The zero-order chi connectivity index (χ0) is 17.2. The van der Waals surface area contributed by atoms with Crippen LogP contribution in [0.5, 0.6) is 5.88 Å². The van der Waals surface area contributed by atoms with Crippen molar-refractivity contribution < 1.29 is 4.74 Å². The van der Waals surface area contributed by atoms with E-state index in [0.29, 0.717) is 19.0 Å². The van der Waals surface area contributed by atoms with Gasteiger partial charge >= 0.3 is 0 Å². The molecule has 1 aliphatic heterocycles. The van der Waals surface area contributed by atoms with Crippen LogP contribution < -0.4 is 4.74 Å². The standard InChI is InChI=1S/C18H22N6O/c1-3-25-18-17(15-10-19-23-22-15)16(12-9-20-24(2)11-12)13-7-5-4-6-8-14(13)21-18/h9,11H,3-8,10H2,1-2H3. The second-order valence-electron chi connectivity index (χ2n) is 6.42. The smallest absolute Gasteiger partial charge is 0.223 e. The highest BCUT2D eigenvalue weighted by Gasteiger charge is 2.27. The fourth-order valence-corrected chi connectivity index (χ4v) is 3.62. The molecule has 2 aliphatic rings. The van der Waals surface area contributed by atoms with Gasteiger partial charge in [-0.15, -0.1) is 5.10 Å². The number of fused-ring (bicyclic) bond motifs is 1. The van der Waals surface area contributed by atoms with Crippen LogP contribution in [0.2, 0.25) is 0 Å². The monoisotopic (exact) mass is 338 g/mol. The highest BCUT2D eigenvalue weighted by molar-refractivity contribution is 6.10. The molecule has 2 aromatic rings. The van der Waals surface area contributed by atoms with Gasteiger partial charge in [0, 0.05) is 30.1 Å². The van der Waals surface area contributed by atoms with Crippen molar-refractivity contribution in [2.45, 2.75) is 39.0 Å². The van der Waals surface area contributed by atoms with E-state index in [1.54, 1.807) is 0 Å². The van der Waals surface area contributed by atoms with Crippen molar-refractivity contribution in [2.75, 3.05) is 13.2 Å². The molecule has 0 saturated carbocycles. The number of hydrogen-bond donors (Lipinski definition) is 0. The fraction of sp³-hybridized carbons (Fsp3) is 0.500. The first-order valence-electron chi connectivity index (χ1n) is 8.89. The second kappa shape index (κ2) is 6.74. The van der Waals surface area contributed by atoms with E-state index in [1.165, 1.54) is 24.8 Å². The van der Waals surface area contributed by atoms with Crippen molar-refractivity contribution >= 4 is 5.71 Å². The molecule has 7 nitrogen and oxygen atoms in total. The van der Waals surface area contributed by atoms with Crippen LogP contribution in [-0.2, 0) is 19.9 Å².